The molecule has 1 aliphatic rings. The summed E-state index contributed by atoms with van der Waals surface area (Å²) >= 11 is 1.48. The fourth-order valence-corrected chi connectivity index (χ4v) is 3.28. The maximum atomic E-state index is 5.38. The lowest BCUT2D eigenvalue weighted by Gasteiger charge is -2.19. The number of nitrogens with zero attached hydrogens (tertiary/aromatic N) is 6. The van der Waals surface area contributed by atoms with Crippen LogP contribution in [-0.2, 0) is 12.0 Å². The highest BCUT2D eigenvalue weighted by Crippen LogP contribution is 2.21. The number of hydrogen-bond acceptors (Lipinski definition) is 8. The van der Waals surface area contributed by atoms with Gasteiger partial charge in [-0.1, -0.05) is 25.9 Å². The number of aryl methyl sites for hydroxylation is 1. The Morgan fingerprint density at radius 1 is 1.13 bits per heavy atom. The smallest absolute Gasteiger partial charge is 0.232 e. The highest BCUT2D eigenvalue weighted by molar-refractivity contribution is 7.09. The monoisotopic (exact) mass is 336 g/mol. The largest absolute Gasteiger partial charge is 0.346 e. The minimum atomic E-state index is -0.101. The van der Waals surface area contributed by atoms with Crippen molar-refractivity contribution in [1.29, 1.82) is 0 Å². The maximum Gasteiger partial charge on any atom is 0.232 e. The summed E-state index contributed by atoms with van der Waals surface area (Å²) in [5.41, 5.74) is -0.101. The molecule has 1 saturated heterocycles. The molecule has 126 valence electrons. The molecule has 0 N–H and O–H groups in total. The van der Waals surface area contributed by atoms with Crippen LogP contribution in [0.3, 0.4) is 0 Å². The van der Waals surface area contributed by atoms with Crippen molar-refractivity contribution in [3.05, 3.63) is 17.5 Å². The molecule has 2 aromatic heterocycles. The molecule has 1 fully saturated rings. The molecule has 3 heterocycles. The Labute approximate surface area is 140 Å². The van der Waals surface area contributed by atoms with Gasteiger partial charge in [0.15, 0.2) is 5.82 Å². The van der Waals surface area contributed by atoms with Crippen LogP contribution in [0.25, 0.3) is 0 Å². The molecule has 3 rings (SSSR count). The van der Waals surface area contributed by atoms with E-state index in [2.05, 4.69) is 50.1 Å². The third kappa shape index (κ3) is 4.06. The SMILES string of the molecule is Cc1nsc(N2CCCN(Cc3noc(C(C)(C)C)n3)CC2)n1. The number of aromatic nitrogens is 4. The van der Waals surface area contributed by atoms with Crippen molar-refractivity contribution in [2.75, 3.05) is 31.1 Å². The molecule has 0 unspecified atom stereocenters. The average Bonchev–Trinajstić information content (AvgIpc) is 3.04. The predicted molar refractivity (Wildman–Crippen MR) is 89.8 cm³/mol. The summed E-state index contributed by atoms with van der Waals surface area (Å²) in [7, 11) is 0. The Morgan fingerprint density at radius 3 is 2.61 bits per heavy atom. The summed E-state index contributed by atoms with van der Waals surface area (Å²) in [5.74, 6) is 2.33. The quantitative estimate of drug-likeness (QED) is 0.851. The van der Waals surface area contributed by atoms with Gasteiger partial charge in [-0.3, -0.25) is 4.90 Å². The van der Waals surface area contributed by atoms with Gasteiger partial charge in [-0.15, -0.1) is 0 Å². The van der Waals surface area contributed by atoms with Gasteiger partial charge in [-0.05, 0) is 13.3 Å². The first-order valence-electron chi connectivity index (χ1n) is 8.02. The lowest BCUT2D eigenvalue weighted by Crippen LogP contribution is -2.30. The fourth-order valence-electron chi connectivity index (χ4n) is 2.56. The summed E-state index contributed by atoms with van der Waals surface area (Å²) in [6.07, 6.45) is 1.10. The molecular formula is C15H24N6OS. The minimum Gasteiger partial charge on any atom is -0.346 e. The third-order valence-electron chi connectivity index (χ3n) is 3.85. The number of hydrogen-bond donors (Lipinski definition) is 0. The van der Waals surface area contributed by atoms with E-state index in [4.69, 9.17) is 4.52 Å². The Bertz CT molecular complexity index is 646. The molecule has 0 amide bonds. The molecule has 1 aliphatic heterocycles. The Morgan fingerprint density at radius 2 is 1.96 bits per heavy atom. The second-order valence-corrected chi connectivity index (χ2v) is 7.74. The molecule has 2 aromatic rings. The van der Waals surface area contributed by atoms with Gasteiger partial charge in [0.05, 0.1) is 6.54 Å². The highest BCUT2D eigenvalue weighted by Gasteiger charge is 2.23. The zero-order valence-electron chi connectivity index (χ0n) is 14.2. The third-order valence-corrected chi connectivity index (χ3v) is 4.72. The van der Waals surface area contributed by atoms with Crippen molar-refractivity contribution in [1.82, 2.24) is 24.4 Å². The van der Waals surface area contributed by atoms with E-state index >= 15 is 0 Å². The standard InChI is InChI=1S/C15H24N6OS/c1-11-16-14(23-19-11)21-7-5-6-20(8-9-21)10-12-17-13(22-18-12)15(2,3)4/h5-10H2,1-4H3. The van der Waals surface area contributed by atoms with Gasteiger partial charge in [0.2, 0.25) is 11.0 Å². The van der Waals surface area contributed by atoms with E-state index in [9.17, 15) is 0 Å². The number of anilines is 1. The van der Waals surface area contributed by atoms with E-state index in [-0.39, 0.29) is 5.41 Å². The molecule has 0 saturated carbocycles. The normalized spacial score (nSPS) is 17.5. The van der Waals surface area contributed by atoms with Gasteiger partial charge >= 0.3 is 0 Å². The lowest BCUT2D eigenvalue weighted by atomic mass is 9.97. The second-order valence-electron chi connectivity index (χ2n) is 7.01. The minimum absolute atomic E-state index is 0.101. The van der Waals surface area contributed by atoms with Crippen LogP contribution in [0.2, 0.25) is 0 Å². The molecule has 0 spiro atoms. The molecule has 0 aliphatic carbocycles. The average molecular weight is 336 g/mol. The van der Waals surface area contributed by atoms with Gasteiger partial charge in [-0.2, -0.15) is 9.36 Å². The van der Waals surface area contributed by atoms with E-state index in [1.165, 1.54) is 11.5 Å². The van der Waals surface area contributed by atoms with Crippen LogP contribution in [0.5, 0.6) is 0 Å². The van der Waals surface area contributed by atoms with E-state index in [0.717, 1.165) is 55.9 Å². The zero-order valence-corrected chi connectivity index (χ0v) is 15.1. The van der Waals surface area contributed by atoms with Crippen molar-refractivity contribution in [2.24, 2.45) is 0 Å². The first-order valence-corrected chi connectivity index (χ1v) is 8.80. The van der Waals surface area contributed by atoms with Crippen molar-refractivity contribution in [2.45, 2.75) is 46.1 Å². The molecule has 0 aromatic carbocycles. The van der Waals surface area contributed by atoms with Crippen LogP contribution in [0.15, 0.2) is 4.52 Å². The molecule has 0 bridgehead atoms. The van der Waals surface area contributed by atoms with Gasteiger partial charge < -0.3 is 9.42 Å². The summed E-state index contributed by atoms with van der Waals surface area (Å²) in [4.78, 5) is 13.7. The van der Waals surface area contributed by atoms with Crippen LogP contribution >= 0.6 is 11.5 Å². The van der Waals surface area contributed by atoms with E-state index in [1.807, 2.05) is 6.92 Å². The van der Waals surface area contributed by atoms with Crippen molar-refractivity contribution < 1.29 is 4.52 Å². The maximum absolute atomic E-state index is 5.38. The zero-order chi connectivity index (χ0) is 16.4. The van der Waals surface area contributed by atoms with E-state index in [0.29, 0.717) is 5.89 Å². The van der Waals surface area contributed by atoms with Gasteiger partial charge in [0.25, 0.3) is 0 Å². The molecule has 0 atom stereocenters. The molecule has 0 radical (unpaired) electrons. The van der Waals surface area contributed by atoms with Gasteiger partial charge in [-0.25, -0.2) is 4.98 Å². The van der Waals surface area contributed by atoms with E-state index < -0.39 is 0 Å². The van der Waals surface area contributed by atoms with Gasteiger partial charge in [0.1, 0.15) is 5.82 Å². The fraction of sp³-hybridized carbons (Fsp3) is 0.733. The Kier molecular flexibility index (Phi) is 4.63. The topological polar surface area (TPSA) is 71.2 Å². The van der Waals surface area contributed by atoms with Crippen LogP contribution in [-0.4, -0.2) is 50.6 Å². The molecule has 7 nitrogen and oxygen atoms in total. The first kappa shape index (κ1) is 16.3. The van der Waals surface area contributed by atoms with Gasteiger partial charge in [0, 0.05) is 43.1 Å². The second kappa shape index (κ2) is 6.52. The van der Waals surface area contributed by atoms with Crippen LogP contribution < -0.4 is 4.90 Å². The molecular weight excluding hydrogens is 312 g/mol. The van der Waals surface area contributed by atoms with Crippen LogP contribution in [0, 0.1) is 6.92 Å². The predicted octanol–water partition coefficient (Wildman–Crippen LogP) is 2.24. The summed E-state index contributed by atoms with van der Waals surface area (Å²) in [6, 6.07) is 0. The summed E-state index contributed by atoms with van der Waals surface area (Å²) < 4.78 is 9.66. The van der Waals surface area contributed by atoms with Crippen molar-refractivity contribution in [3.63, 3.8) is 0 Å². The highest BCUT2D eigenvalue weighted by atomic mass is 32.1. The van der Waals surface area contributed by atoms with Crippen molar-refractivity contribution >= 4 is 16.7 Å². The van der Waals surface area contributed by atoms with Crippen molar-refractivity contribution in [3.8, 4) is 0 Å². The van der Waals surface area contributed by atoms with E-state index in [1.54, 1.807) is 0 Å². The summed E-state index contributed by atoms with van der Waals surface area (Å²) in [5, 5.41) is 5.15. The lowest BCUT2D eigenvalue weighted by molar-refractivity contribution is 0.269. The Hall–Kier alpha value is -1.54. The Balaban J connectivity index is 1.59. The number of rotatable bonds is 3. The molecule has 23 heavy (non-hydrogen) atoms. The summed E-state index contributed by atoms with van der Waals surface area (Å²) in [6.45, 7) is 12.9. The van der Waals surface area contributed by atoms with Crippen LogP contribution in [0.4, 0.5) is 5.13 Å². The first-order chi connectivity index (χ1) is 10.9. The van der Waals surface area contributed by atoms with Crippen LogP contribution in [0.1, 0.15) is 44.7 Å². The molecule has 8 heteroatoms.